The number of hydrogen-bond donors (Lipinski definition) is 1. The fourth-order valence-corrected chi connectivity index (χ4v) is 6.40. The summed E-state index contributed by atoms with van der Waals surface area (Å²) in [6, 6.07) is 17.1. The van der Waals surface area contributed by atoms with E-state index in [-0.39, 0.29) is 31.7 Å². The number of nitrogens with two attached hydrogens (primary N) is 1. The zero-order valence-corrected chi connectivity index (χ0v) is 21.1. The van der Waals surface area contributed by atoms with Crippen LogP contribution in [-0.2, 0) is 0 Å². The number of nitrogen functional groups attached to an aromatic ring is 1. The summed E-state index contributed by atoms with van der Waals surface area (Å²) in [6.07, 6.45) is 1.41. The molecule has 172 valence electrons. The number of nitrogens with zero attached hydrogens (tertiary/aromatic N) is 1. The van der Waals surface area contributed by atoms with Crippen LogP contribution in [0.5, 0.6) is 0 Å². The quantitative estimate of drug-likeness (QED) is 0.148. The van der Waals surface area contributed by atoms with Crippen molar-refractivity contribution in [3.8, 4) is 11.8 Å². The summed E-state index contributed by atoms with van der Waals surface area (Å²) in [7, 11) is 0. The monoisotopic (exact) mass is 526 g/mol. The Balaban J connectivity index is 1.83. The Morgan fingerprint density at radius 3 is 2.37 bits per heavy atom. The summed E-state index contributed by atoms with van der Waals surface area (Å²) < 4.78 is 9.63. The molecule has 2 N–H and O–H groups in total. The number of benzene rings is 3. The van der Waals surface area contributed by atoms with E-state index in [1.165, 1.54) is 4.57 Å². The third-order valence-electron chi connectivity index (χ3n) is 6.78. The molecule has 6 heteroatoms. The second-order valence-corrected chi connectivity index (χ2v) is 11.1. The Labute approximate surface area is 206 Å². The number of fused-ring (bicyclic) bond motifs is 2. The first kappa shape index (κ1) is 21.7. The molecular formula is C29H22N2O3Se. The maximum absolute atomic E-state index is 13.8. The van der Waals surface area contributed by atoms with Crippen LogP contribution in [0, 0.1) is 11.8 Å². The van der Waals surface area contributed by atoms with Crippen LogP contribution in [0.3, 0.4) is 0 Å². The number of anilines is 1. The molecule has 6 rings (SSSR count). The van der Waals surface area contributed by atoms with Crippen molar-refractivity contribution in [2.75, 3.05) is 5.73 Å². The molecule has 0 saturated carbocycles. The molecule has 0 radical (unpaired) electrons. The Morgan fingerprint density at radius 2 is 1.63 bits per heavy atom. The van der Waals surface area contributed by atoms with Gasteiger partial charge in [-0.05, 0) is 0 Å². The fourth-order valence-electron chi connectivity index (χ4n) is 5.08. The van der Waals surface area contributed by atoms with Crippen LogP contribution in [0.15, 0.2) is 68.6 Å². The van der Waals surface area contributed by atoms with Crippen LogP contribution in [0.25, 0.3) is 43.5 Å². The number of aromatic nitrogens is 1. The van der Waals surface area contributed by atoms with Crippen molar-refractivity contribution in [3.63, 3.8) is 0 Å². The van der Waals surface area contributed by atoms with E-state index < -0.39 is 0 Å². The van der Waals surface area contributed by atoms with Crippen molar-refractivity contribution in [3.05, 3.63) is 85.3 Å². The Kier molecular flexibility index (Phi) is 5.07. The van der Waals surface area contributed by atoms with E-state index in [9.17, 15) is 9.59 Å². The molecule has 3 aromatic heterocycles. The predicted molar refractivity (Wildman–Crippen MR) is 144 cm³/mol. The molecule has 6 aromatic rings. The molecule has 0 aliphatic carbocycles. The van der Waals surface area contributed by atoms with E-state index in [4.69, 9.17) is 10.2 Å². The molecule has 3 aromatic carbocycles. The van der Waals surface area contributed by atoms with Gasteiger partial charge in [-0.15, -0.1) is 0 Å². The number of para-hydroxylation sites is 1. The number of pyridine rings is 1. The predicted octanol–water partition coefficient (Wildman–Crippen LogP) is 5.25. The summed E-state index contributed by atoms with van der Waals surface area (Å²) in [5.74, 6) is 6.49. The van der Waals surface area contributed by atoms with Gasteiger partial charge in [-0.1, -0.05) is 0 Å². The molecule has 0 unspecified atom stereocenters. The van der Waals surface area contributed by atoms with E-state index in [1.54, 1.807) is 6.07 Å². The van der Waals surface area contributed by atoms with Gasteiger partial charge in [0.1, 0.15) is 0 Å². The van der Waals surface area contributed by atoms with E-state index in [1.807, 2.05) is 62.4 Å². The third-order valence-corrected chi connectivity index (χ3v) is 8.52. The van der Waals surface area contributed by atoms with Gasteiger partial charge in [-0.25, -0.2) is 0 Å². The zero-order valence-electron chi connectivity index (χ0n) is 19.3. The molecule has 0 aliphatic rings. The van der Waals surface area contributed by atoms with E-state index in [0.29, 0.717) is 40.1 Å². The Bertz CT molecular complexity index is 1940. The molecule has 35 heavy (non-hydrogen) atoms. The molecule has 0 saturated heterocycles. The van der Waals surface area contributed by atoms with E-state index in [2.05, 4.69) is 11.8 Å². The minimum atomic E-state index is -0.267. The summed E-state index contributed by atoms with van der Waals surface area (Å²) in [5.41, 5.74) is 7.39. The van der Waals surface area contributed by atoms with Crippen LogP contribution in [0.1, 0.15) is 42.7 Å². The summed E-state index contributed by atoms with van der Waals surface area (Å²) in [5, 5.41) is 4.35. The van der Waals surface area contributed by atoms with Crippen LogP contribution >= 0.6 is 0 Å². The van der Waals surface area contributed by atoms with Crippen LogP contribution in [-0.4, -0.2) is 19.1 Å². The van der Waals surface area contributed by atoms with E-state index >= 15 is 0 Å². The first-order valence-corrected chi connectivity index (χ1v) is 13.4. The molecule has 0 bridgehead atoms. The summed E-state index contributed by atoms with van der Waals surface area (Å²) in [6.45, 7) is 4.01. The molecule has 3 heterocycles. The van der Waals surface area contributed by atoms with Gasteiger partial charge < -0.3 is 0 Å². The molecule has 0 fully saturated rings. The van der Waals surface area contributed by atoms with Crippen molar-refractivity contribution in [1.29, 1.82) is 0 Å². The van der Waals surface area contributed by atoms with Crippen LogP contribution in [0.4, 0.5) is 4.56 Å². The van der Waals surface area contributed by atoms with Crippen LogP contribution in [0.2, 0.25) is 0 Å². The Morgan fingerprint density at radius 1 is 0.886 bits per heavy atom. The van der Waals surface area contributed by atoms with Crippen molar-refractivity contribution in [2.24, 2.45) is 0 Å². The minimum absolute atomic E-state index is 0.00957. The topological polar surface area (TPSA) is 78.2 Å². The molecule has 0 aliphatic heterocycles. The van der Waals surface area contributed by atoms with Gasteiger partial charge in [0.15, 0.2) is 0 Å². The standard InChI is InChI=1S/C29H22N2O3Se/c1-3-17(4-2)31-28(32)21-13-12-20-19-7-5-6-8-23(19)34-27-16(9-10-18-11-14-24(30)35-18)15-22(29(31)33)25(21)26(20)27/h5-8,11-15,17H,3-4,30H2,1-2H3. The third kappa shape index (κ3) is 3.24. The maximum atomic E-state index is 13.8. The van der Waals surface area contributed by atoms with Gasteiger partial charge in [0, 0.05) is 0 Å². The van der Waals surface area contributed by atoms with Gasteiger partial charge in [-0.3, -0.25) is 0 Å². The van der Waals surface area contributed by atoms with Crippen molar-refractivity contribution < 1.29 is 4.42 Å². The summed E-state index contributed by atoms with van der Waals surface area (Å²) >= 11 is 0.00957. The first-order valence-electron chi connectivity index (χ1n) is 11.7. The molecule has 0 atom stereocenters. The molecule has 5 nitrogen and oxygen atoms in total. The first-order chi connectivity index (χ1) is 17.0. The summed E-state index contributed by atoms with van der Waals surface area (Å²) in [4.78, 5) is 27.4. The van der Waals surface area contributed by atoms with Crippen molar-refractivity contribution in [1.82, 2.24) is 4.57 Å². The average Bonchev–Trinajstić information content (AvgIpc) is 3.30. The second-order valence-electron chi connectivity index (χ2n) is 8.71. The van der Waals surface area contributed by atoms with Crippen molar-refractivity contribution >= 4 is 62.5 Å². The number of hydrogen-bond acceptors (Lipinski definition) is 4. The fraction of sp³-hybridized carbons (Fsp3) is 0.172. The van der Waals surface area contributed by atoms with Gasteiger partial charge in [0.25, 0.3) is 0 Å². The van der Waals surface area contributed by atoms with Gasteiger partial charge in [0.2, 0.25) is 0 Å². The Hall–Kier alpha value is -3.78. The van der Waals surface area contributed by atoms with Crippen LogP contribution < -0.4 is 16.9 Å². The second kappa shape index (κ2) is 8.16. The number of rotatable bonds is 3. The van der Waals surface area contributed by atoms with Gasteiger partial charge in [-0.2, -0.15) is 0 Å². The van der Waals surface area contributed by atoms with Gasteiger partial charge in [0.05, 0.1) is 0 Å². The average molecular weight is 525 g/mol. The molecule has 0 amide bonds. The SMILES string of the molecule is CCC(CC)n1c(=O)c2ccc3c4ccccc4oc4c(C#Cc5ccc(N)[se]5)cc(c1=O)c2c43. The van der Waals surface area contributed by atoms with Gasteiger partial charge >= 0.3 is 207 Å². The molecule has 0 spiro atoms. The molecular weight excluding hydrogens is 503 g/mol. The zero-order chi connectivity index (χ0) is 24.3. The van der Waals surface area contributed by atoms with E-state index in [0.717, 1.165) is 30.7 Å². The van der Waals surface area contributed by atoms with Crippen molar-refractivity contribution in [2.45, 2.75) is 32.7 Å². The normalized spacial score (nSPS) is 11.7.